The topological polar surface area (TPSA) is 63.9 Å². The Hall–Kier alpha value is -1.95. The van der Waals surface area contributed by atoms with Gasteiger partial charge in [-0.25, -0.2) is 4.98 Å². The fourth-order valence-corrected chi connectivity index (χ4v) is 2.36. The number of aromatic nitrogens is 4. The zero-order valence-electron chi connectivity index (χ0n) is 10.9. The molecule has 2 aromatic rings. The van der Waals surface area contributed by atoms with Crippen molar-refractivity contribution in [1.29, 1.82) is 0 Å². The van der Waals surface area contributed by atoms with Gasteiger partial charge in [-0.15, -0.1) is 10.2 Å². The summed E-state index contributed by atoms with van der Waals surface area (Å²) < 4.78 is 1.67. The second-order valence-corrected chi connectivity index (χ2v) is 5.12. The molecule has 0 spiro atoms. The van der Waals surface area contributed by atoms with Crippen molar-refractivity contribution in [3.05, 3.63) is 35.5 Å². The summed E-state index contributed by atoms with van der Waals surface area (Å²) in [7, 11) is 0. The van der Waals surface area contributed by atoms with Crippen molar-refractivity contribution in [2.75, 3.05) is 13.1 Å². The summed E-state index contributed by atoms with van der Waals surface area (Å²) in [6.45, 7) is 1.62. The van der Waals surface area contributed by atoms with Gasteiger partial charge in [-0.1, -0.05) is 11.6 Å². The summed E-state index contributed by atoms with van der Waals surface area (Å²) >= 11 is 5.70. The van der Waals surface area contributed by atoms with Gasteiger partial charge in [0.15, 0.2) is 11.0 Å². The maximum atomic E-state index is 12.3. The molecule has 1 amide bonds. The first-order chi connectivity index (χ1) is 9.74. The Labute approximate surface area is 121 Å². The Morgan fingerprint density at radius 1 is 1.15 bits per heavy atom. The number of carbonyl (C=O) groups excluding carboxylic acids is 1. The molecule has 0 radical (unpaired) electrons. The first-order valence-electron chi connectivity index (χ1n) is 6.57. The molecule has 0 N–H and O–H groups in total. The monoisotopic (exact) mass is 291 g/mol. The minimum Gasteiger partial charge on any atom is -0.337 e. The van der Waals surface area contributed by atoms with Crippen molar-refractivity contribution in [3.8, 4) is 5.82 Å². The Balaban J connectivity index is 1.79. The third kappa shape index (κ3) is 2.65. The molecule has 0 atom stereocenters. The largest absolute Gasteiger partial charge is 0.337 e. The molecule has 1 saturated heterocycles. The Kier molecular flexibility index (Phi) is 3.64. The Bertz CT molecular complexity index is 603. The number of nitrogens with zero attached hydrogens (tertiary/aromatic N) is 5. The number of piperidine rings is 1. The highest BCUT2D eigenvalue weighted by Crippen LogP contribution is 2.13. The maximum absolute atomic E-state index is 12.3. The molecule has 3 rings (SSSR count). The van der Waals surface area contributed by atoms with Crippen LogP contribution >= 0.6 is 11.6 Å². The average molecular weight is 292 g/mol. The minimum atomic E-state index is -0.0228. The summed E-state index contributed by atoms with van der Waals surface area (Å²) in [6.07, 6.45) is 6.56. The second kappa shape index (κ2) is 5.58. The molecule has 7 heteroatoms. The van der Waals surface area contributed by atoms with Crippen LogP contribution in [0.2, 0.25) is 5.15 Å². The number of imidazole rings is 1. The van der Waals surface area contributed by atoms with E-state index in [0.29, 0.717) is 16.7 Å². The van der Waals surface area contributed by atoms with E-state index in [0.717, 1.165) is 25.9 Å². The minimum absolute atomic E-state index is 0.0228. The predicted octanol–water partition coefficient (Wildman–Crippen LogP) is 1.94. The Morgan fingerprint density at radius 2 is 1.95 bits per heavy atom. The van der Waals surface area contributed by atoms with E-state index in [2.05, 4.69) is 15.2 Å². The molecule has 20 heavy (non-hydrogen) atoms. The van der Waals surface area contributed by atoms with E-state index in [1.54, 1.807) is 29.2 Å². The summed E-state index contributed by atoms with van der Waals surface area (Å²) in [5.41, 5.74) is 0.434. The van der Waals surface area contributed by atoms with Crippen LogP contribution in [0.15, 0.2) is 24.7 Å². The van der Waals surface area contributed by atoms with Gasteiger partial charge in [-0.2, -0.15) is 0 Å². The smallest absolute Gasteiger partial charge is 0.274 e. The van der Waals surface area contributed by atoms with Crippen LogP contribution < -0.4 is 0 Å². The number of halogens is 1. The van der Waals surface area contributed by atoms with Crippen LogP contribution in [0.3, 0.4) is 0 Å². The van der Waals surface area contributed by atoms with Crippen LogP contribution in [0.5, 0.6) is 0 Å². The van der Waals surface area contributed by atoms with Gasteiger partial charge in [-0.3, -0.25) is 9.36 Å². The molecule has 2 aromatic heterocycles. The van der Waals surface area contributed by atoms with Crippen molar-refractivity contribution >= 4 is 17.5 Å². The number of hydrogen-bond acceptors (Lipinski definition) is 4. The average Bonchev–Trinajstić information content (AvgIpc) is 2.98. The molecule has 0 saturated carbocycles. The van der Waals surface area contributed by atoms with Gasteiger partial charge >= 0.3 is 0 Å². The molecule has 1 aliphatic rings. The van der Waals surface area contributed by atoms with Crippen LogP contribution in [-0.4, -0.2) is 43.6 Å². The molecule has 104 valence electrons. The summed E-state index contributed by atoms with van der Waals surface area (Å²) in [6, 6.07) is 3.38. The fraction of sp³-hybridized carbons (Fsp3) is 0.385. The lowest BCUT2D eigenvalue weighted by molar-refractivity contribution is 0.0719. The van der Waals surface area contributed by atoms with Crippen molar-refractivity contribution in [3.63, 3.8) is 0 Å². The SMILES string of the molecule is O=C(c1cn(-c2ccc(Cl)nn2)cn1)N1CCCCC1. The summed E-state index contributed by atoms with van der Waals surface area (Å²) in [5, 5.41) is 8.05. The van der Waals surface area contributed by atoms with Crippen LogP contribution in [0.25, 0.3) is 5.82 Å². The highest BCUT2D eigenvalue weighted by atomic mass is 35.5. The van der Waals surface area contributed by atoms with Crippen LogP contribution in [-0.2, 0) is 0 Å². The van der Waals surface area contributed by atoms with Crippen molar-refractivity contribution in [1.82, 2.24) is 24.6 Å². The van der Waals surface area contributed by atoms with E-state index in [1.807, 2.05) is 4.90 Å². The van der Waals surface area contributed by atoms with Crippen molar-refractivity contribution < 1.29 is 4.79 Å². The molecule has 1 aliphatic heterocycles. The number of rotatable bonds is 2. The molecule has 0 unspecified atom stereocenters. The van der Waals surface area contributed by atoms with E-state index in [-0.39, 0.29) is 5.91 Å². The lowest BCUT2D eigenvalue weighted by atomic mass is 10.1. The van der Waals surface area contributed by atoms with Gasteiger partial charge in [0.05, 0.1) is 0 Å². The highest BCUT2D eigenvalue weighted by molar-refractivity contribution is 6.29. The molecule has 0 bridgehead atoms. The third-order valence-corrected chi connectivity index (χ3v) is 3.53. The lowest BCUT2D eigenvalue weighted by Gasteiger charge is -2.25. The van der Waals surface area contributed by atoms with E-state index in [9.17, 15) is 4.79 Å². The van der Waals surface area contributed by atoms with E-state index >= 15 is 0 Å². The van der Waals surface area contributed by atoms with Gasteiger partial charge in [0, 0.05) is 19.3 Å². The first-order valence-corrected chi connectivity index (χ1v) is 6.95. The number of hydrogen-bond donors (Lipinski definition) is 0. The molecule has 6 nitrogen and oxygen atoms in total. The van der Waals surface area contributed by atoms with Crippen LogP contribution in [0, 0.1) is 0 Å². The van der Waals surface area contributed by atoms with Gasteiger partial charge in [-0.05, 0) is 31.4 Å². The number of amides is 1. The third-order valence-electron chi connectivity index (χ3n) is 3.33. The first kappa shape index (κ1) is 13.1. The van der Waals surface area contributed by atoms with Crippen molar-refractivity contribution in [2.24, 2.45) is 0 Å². The van der Waals surface area contributed by atoms with E-state index in [1.165, 1.54) is 6.42 Å². The molecule has 1 fully saturated rings. The van der Waals surface area contributed by atoms with Crippen LogP contribution in [0.4, 0.5) is 0 Å². The van der Waals surface area contributed by atoms with Gasteiger partial charge in [0.25, 0.3) is 5.91 Å². The van der Waals surface area contributed by atoms with Crippen molar-refractivity contribution in [2.45, 2.75) is 19.3 Å². The fourth-order valence-electron chi connectivity index (χ4n) is 2.26. The van der Waals surface area contributed by atoms with E-state index < -0.39 is 0 Å². The standard InChI is InChI=1S/C13H14ClN5O/c14-11-4-5-12(17-16-11)19-8-10(15-9-19)13(20)18-6-2-1-3-7-18/h4-5,8-9H,1-3,6-7H2. The Morgan fingerprint density at radius 3 is 2.65 bits per heavy atom. The zero-order chi connectivity index (χ0) is 13.9. The highest BCUT2D eigenvalue weighted by Gasteiger charge is 2.20. The molecule has 3 heterocycles. The normalized spacial score (nSPS) is 15.3. The second-order valence-electron chi connectivity index (χ2n) is 4.73. The summed E-state index contributed by atoms with van der Waals surface area (Å²) in [4.78, 5) is 18.3. The quantitative estimate of drug-likeness (QED) is 0.848. The number of likely N-dealkylation sites (tertiary alicyclic amines) is 1. The van der Waals surface area contributed by atoms with E-state index in [4.69, 9.17) is 11.6 Å². The van der Waals surface area contributed by atoms with Crippen LogP contribution in [0.1, 0.15) is 29.8 Å². The molecule has 0 aliphatic carbocycles. The van der Waals surface area contributed by atoms with Gasteiger partial charge < -0.3 is 4.90 Å². The van der Waals surface area contributed by atoms with Gasteiger partial charge in [0.1, 0.15) is 12.0 Å². The summed E-state index contributed by atoms with van der Waals surface area (Å²) in [5.74, 6) is 0.560. The molecular formula is C13H14ClN5O. The predicted molar refractivity (Wildman–Crippen MR) is 73.9 cm³/mol. The maximum Gasteiger partial charge on any atom is 0.274 e. The zero-order valence-corrected chi connectivity index (χ0v) is 11.6. The molecular weight excluding hydrogens is 278 g/mol. The molecule has 0 aromatic carbocycles. The lowest BCUT2D eigenvalue weighted by Crippen LogP contribution is -2.35. The van der Waals surface area contributed by atoms with Gasteiger partial charge in [0.2, 0.25) is 0 Å². The number of carbonyl (C=O) groups is 1.